The summed E-state index contributed by atoms with van der Waals surface area (Å²) in [6.45, 7) is 6.63. The van der Waals surface area contributed by atoms with Crippen LogP contribution in [0.5, 0.6) is 0 Å². The molecular weight excluding hydrogens is 205 g/mol. The maximum absolute atomic E-state index is 12.3. The molecule has 0 atom stereocenters. The summed E-state index contributed by atoms with van der Waals surface area (Å²) in [6.07, 6.45) is -3.15. The van der Waals surface area contributed by atoms with Gasteiger partial charge in [-0.05, 0) is 17.7 Å². The van der Waals surface area contributed by atoms with Crippen LogP contribution in [0.15, 0.2) is 31.4 Å². The van der Waals surface area contributed by atoms with Gasteiger partial charge in [0.2, 0.25) is 0 Å². The Kier molecular flexibility index (Phi) is 2.88. The van der Waals surface area contributed by atoms with Gasteiger partial charge in [0.1, 0.15) is 5.76 Å². The first-order valence-electron chi connectivity index (χ1n) is 4.08. The lowest BCUT2D eigenvalue weighted by Gasteiger charge is -2.10. The maximum atomic E-state index is 12.3. The van der Waals surface area contributed by atoms with Gasteiger partial charge in [-0.1, -0.05) is 25.3 Å². The summed E-state index contributed by atoms with van der Waals surface area (Å²) in [5, 5.41) is 9.11. The SMILES string of the molecule is C=Cc1cc(C(F)(F)F)ccc1C(=C)O. The molecular formula is C11H9F3O. The average molecular weight is 214 g/mol. The summed E-state index contributed by atoms with van der Waals surface area (Å²) in [5.41, 5.74) is -0.322. The second kappa shape index (κ2) is 3.81. The van der Waals surface area contributed by atoms with E-state index < -0.39 is 11.7 Å². The minimum atomic E-state index is -4.40. The van der Waals surface area contributed by atoms with Crippen LogP contribution >= 0.6 is 0 Å². The Hall–Kier alpha value is -1.71. The van der Waals surface area contributed by atoms with E-state index in [1.807, 2.05) is 0 Å². The minimum absolute atomic E-state index is 0.206. The number of hydrogen-bond acceptors (Lipinski definition) is 1. The van der Waals surface area contributed by atoms with E-state index >= 15 is 0 Å². The highest BCUT2D eigenvalue weighted by atomic mass is 19.4. The van der Waals surface area contributed by atoms with Gasteiger partial charge in [0, 0.05) is 5.56 Å². The van der Waals surface area contributed by atoms with Gasteiger partial charge in [-0.15, -0.1) is 0 Å². The number of rotatable bonds is 2. The molecule has 15 heavy (non-hydrogen) atoms. The Morgan fingerprint density at radius 3 is 2.33 bits per heavy atom. The molecule has 0 heterocycles. The largest absolute Gasteiger partial charge is 0.508 e. The fourth-order valence-corrected chi connectivity index (χ4v) is 1.17. The first-order chi connectivity index (χ1) is 6.86. The summed E-state index contributed by atoms with van der Waals surface area (Å²) in [4.78, 5) is 0. The molecule has 1 rings (SSSR count). The van der Waals surface area contributed by atoms with E-state index in [0.717, 1.165) is 12.1 Å². The van der Waals surface area contributed by atoms with Crippen LogP contribution < -0.4 is 0 Å². The molecule has 0 saturated carbocycles. The summed E-state index contributed by atoms with van der Waals surface area (Å²) in [7, 11) is 0. The second-order valence-electron chi connectivity index (χ2n) is 2.95. The Labute approximate surface area is 85.2 Å². The topological polar surface area (TPSA) is 20.2 Å². The summed E-state index contributed by atoms with van der Waals surface area (Å²) in [6, 6.07) is 2.98. The number of hydrogen-bond donors (Lipinski definition) is 1. The second-order valence-corrected chi connectivity index (χ2v) is 2.95. The summed E-state index contributed by atoms with van der Waals surface area (Å²) in [5.74, 6) is -0.279. The molecule has 0 aliphatic rings. The molecule has 0 radical (unpaired) electrons. The zero-order valence-corrected chi connectivity index (χ0v) is 7.80. The van der Waals surface area contributed by atoms with Crippen LogP contribution in [-0.2, 0) is 6.18 Å². The molecule has 80 valence electrons. The van der Waals surface area contributed by atoms with Crippen LogP contribution in [0, 0.1) is 0 Å². The van der Waals surface area contributed by atoms with Gasteiger partial charge >= 0.3 is 6.18 Å². The highest BCUT2D eigenvalue weighted by Gasteiger charge is 2.30. The van der Waals surface area contributed by atoms with E-state index in [-0.39, 0.29) is 16.9 Å². The lowest BCUT2D eigenvalue weighted by atomic mass is 10.0. The fourth-order valence-electron chi connectivity index (χ4n) is 1.17. The molecule has 0 aromatic heterocycles. The highest BCUT2D eigenvalue weighted by molar-refractivity contribution is 5.68. The number of aliphatic hydroxyl groups is 1. The molecule has 0 spiro atoms. The minimum Gasteiger partial charge on any atom is -0.508 e. The van der Waals surface area contributed by atoms with Crippen molar-refractivity contribution in [2.75, 3.05) is 0 Å². The summed E-state index contributed by atoms with van der Waals surface area (Å²) >= 11 is 0. The molecule has 1 aromatic carbocycles. The molecule has 1 N–H and O–H groups in total. The smallest absolute Gasteiger partial charge is 0.416 e. The van der Waals surface area contributed by atoms with Crippen molar-refractivity contribution in [3.05, 3.63) is 48.0 Å². The molecule has 0 amide bonds. The van der Waals surface area contributed by atoms with Crippen molar-refractivity contribution in [3.63, 3.8) is 0 Å². The average Bonchev–Trinajstić information content (AvgIpc) is 2.15. The van der Waals surface area contributed by atoms with E-state index in [1.54, 1.807) is 0 Å². The van der Waals surface area contributed by atoms with Crippen molar-refractivity contribution in [2.45, 2.75) is 6.18 Å². The molecule has 0 saturated heterocycles. The zero-order valence-electron chi connectivity index (χ0n) is 7.80. The van der Waals surface area contributed by atoms with Crippen molar-refractivity contribution in [1.82, 2.24) is 0 Å². The summed E-state index contributed by atoms with van der Waals surface area (Å²) < 4.78 is 37.0. The van der Waals surface area contributed by atoms with Gasteiger partial charge in [-0.25, -0.2) is 0 Å². The number of aliphatic hydroxyl groups excluding tert-OH is 1. The van der Waals surface area contributed by atoms with Crippen LogP contribution in [-0.4, -0.2) is 5.11 Å². The fraction of sp³-hybridized carbons (Fsp3) is 0.0909. The molecule has 1 aromatic rings. The quantitative estimate of drug-likeness (QED) is 0.741. The maximum Gasteiger partial charge on any atom is 0.416 e. The Balaban J connectivity index is 3.31. The molecule has 4 heteroatoms. The molecule has 0 fully saturated rings. The highest BCUT2D eigenvalue weighted by Crippen LogP contribution is 2.31. The van der Waals surface area contributed by atoms with Gasteiger partial charge in [0.25, 0.3) is 0 Å². The van der Waals surface area contributed by atoms with E-state index in [9.17, 15) is 13.2 Å². The third-order valence-corrected chi connectivity index (χ3v) is 1.91. The van der Waals surface area contributed by atoms with Gasteiger partial charge in [-0.2, -0.15) is 13.2 Å². The van der Waals surface area contributed by atoms with Crippen molar-refractivity contribution >= 4 is 11.8 Å². The zero-order chi connectivity index (χ0) is 11.6. The van der Waals surface area contributed by atoms with Crippen molar-refractivity contribution in [3.8, 4) is 0 Å². The van der Waals surface area contributed by atoms with Crippen molar-refractivity contribution in [1.29, 1.82) is 0 Å². The molecule has 0 aliphatic carbocycles. The monoisotopic (exact) mass is 214 g/mol. The Bertz CT molecular complexity index is 405. The first kappa shape index (κ1) is 11.4. The van der Waals surface area contributed by atoms with E-state index in [4.69, 9.17) is 5.11 Å². The third-order valence-electron chi connectivity index (χ3n) is 1.91. The van der Waals surface area contributed by atoms with Gasteiger partial charge in [0.15, 0.2) is 0 Å². The van der Waals surface area contributed by atoms with Crippen LogP contribution in [0.3, 0.4) is 0 Å². The van der Waals surface area contributed by atoms with E-state index in [1.165, 1.54) is 12.1 Å². The predicted octanol–water partition coefficient (Wildman–Crippen LogP) is 3.88. The van der Waals surface area contributed by atoms with Crippen molar-refractivity contribution in [2.24, 2.45) is 0 Å². The number of alkyl halides is 3. The van der Waals surface area contributed by atoms with Crippen LogP contribution in [0.1, 0.15) is 16.7 Å². The predicted molar refractivity (Wildman–Crippen MR) is 53.2 cm³/mol. The van der Waals surface area contributed by atoms with Gasteiger partial charge in [0.05, 0.1) is 5.56 Å². The van der Waals surface area contributed by atoms with Crippen LogP contribution in [0.25, 0.3) is 11.8 Å². The van der Waals surface area contributed by atoms with E-state index in [2.05, 4.69) is 13.2 Å². The molecule has 0 aliphatic heterocycles. The lowest BCUT2D eigenvalue weighted by molar-refractivity contribution is -0.137. The van der Waals surface area contributed by atoms with Crippen LogP contribution in [0.4, 0.5) is 13.2 Å². The first-order valence-corrected chi connectivity index (χ1v) is 4.08. The Morgan fingerprint density at radius 1 is 1.33 bits per heavy atom. The molecule has 1 nitrogen and oxygen atoms in total. The lowest BCUT2D eigenvalue weighted by Crippen LogP contribution is -2.05. The third kappa shape index (κ3) is 2.40. The molecule has 0 unspecified atom stereocenters. The standard InChI is InChI=1S/C11H9F3O/c1-3-8-6-9(11(12,13)14)4-5-10(8)7(2)15/h3-6,15H,1-2H2. The van der Waals surface area contributed by atoms with Gasteiger partial charge < -0.3 is 5.11 Å². The van der Waals surface area contributed by atoms with Crippen LogP contribution in [0.2, 0.25) is 0 Å². The number of halogens is 3. The van der Waals surface area contributed by atoms with Gasteiger partial charge in [-0.3, -0.25) is 0 Å². The number of benzene rings is 1. The normalized spacial score (nSPS) is 11.1. The molecule has 0 bridgehead atoms. The van der Waals surface area contributed by atoms with Crippen molar-refractivity contribution < 1.29 is 18.3 Å². The van der Waals surface area contributed by atoms with E-state index in [0.29, 0.717) is 0 Å². The Morgan fingerprint density at radius 2 is 1.93 bits per heavy atom.